The van der Waals surface area contributed by atoms with E-state index in [0.29, 0.717) is 23.0 Å². The van der Waals surface area contributed by atoms with Crippen molar-refractivity contribution >= 4 is 17.3 Å². The Kier molecular flexibility index (Phi) is 4.03. The van der Waals surface area contributed by atoms with E-state index < -0.39 is 0 Å². The molecule has 0 radical (unpaired) electrons. The zero-order chi connectivity index (χ0) is 13.3. The Morgan fingerprint density at radius 1 is 1.39 bits per heavy atom. The highest BCUT2D eigenvalue weighted by molar-refractivity contribution is 6.32. The minimum atomic E-state index is 0.297. The molecule has 3 unspecified atom stereocenters. The Morgan fingerprint density at radius 2 is 2.11 bits per heavy atom. The summed E-state index contributed by atoms with van der Waals surface area (Å²) in [5, 5.41) is 0.649. The Morgan fingerprint density at radius 3 is 2.78 bits per heavy atom. The molecule has 0 bridgehead atoms. The van der Waals surface area contributed by atoms with Gasteiger partial charge in [0.25, 0.3) is 0 Å². The molecule has 2 N–H and O–H groups in total. The molecule has 2 rings (SSSR count). The molecule has 1 aromatic carbocycles. The zero-order valence-electron chi connectivity index (χ0n) is 11.2. The minimum absolute atomic E-state index is 0.297. The van der Waals surface area contributed by atoms with Gasteiger partial charge in [0.1, 0.15) is 5.75 Å². The number of nitrogens with two attached hydrogens (primary N) is 1. The third-order valence-corrected chi connectivity index (χ3v) is 4.41. The second kappa shape index (κ2) is 5.37. The van der Waals surface area contributed by atoms with Crippen LogP contribution in [0.2, 0.25) is 5.02 Å². The zero-order valence-corrected chi connectivity index (χ0v) is 11.9. The van der Waals surface area contributed by atoms with E-state index in [0.717, 1.165) is 24.4 Å². The van der Waals surface area contributed by atoms with Crippen molar-refractivity contribution in [2.45, 2.75) is 32.4 Å². The highest BCUT2D eigenvalue weighted by Crippen LogP contribution is 2.33. The Balaban J connectivity index is 2.26. The van der Waals surface area contributed by atoms with Crippen LogP contribution >= 0.6 is 11.6 Å². The van der Waals surface area contributed by atoms with Crippen molar-refractivity contribution in [3.8, 4) is 5.75 Å². The number of hydrogen-bond donors (Lipinski definition) is 1. The van der Waals surface area contributed by atoms with Crippen molar-refractivity contribution in [2.24, 2.45) is 11.7 Å². The van der Waals surface area contributed by atoms with Gasteiger partial charge in [0, 0.05) is 30.4 Å². The maximum absolute atomic E-state index is 6.12. The van der Waals surface area contributed by atoms with Crippen molar-refractivity contribution < 1.29 is 4.74 Å². The van der Waals surface area contributed by atoms with Crippen LogP contribution in [0.15, 0.2) is 18.2 Å². The number of benzene rings is 1. The predicted molar refractivity (Wildman–Crippen MR) is 76.6 cm³/mol. The second-order valence-electron chi connectivity index (χ2n) is 5.06. The van der Waals surface area contributed by atoms with E-state index in [2.05, 4.69) is 18.7 Å². The van der Waals surface area contributed by atoms with Gasteiger partial charge in [0.2, 0.25) is 0 Å². The van der Waals surface area contributed by atoms with Crippen LogP contribution in [-0.2, 0) is 0 Å². The number of ether oxygens (including phenoxy) is 1. The van der Waals surface area contributed by atoms with Crippen LogP contribution in [0.5, 0.6) is 5.75 Å². The molecule has 0 aliphatic carbocycles. The first kappa shape index (κ1) is 13.5. The largest absolute Gasteiger partial charge is 0.495 e. The summed E-state index contributed by atoms with van der Waals surface area (Å²) >= 11 is 6.06. The molecule has 1 aliphatic rings. The Hall–Kier alpha value is -0.930. The van der Waals surface area contributed by atoms with Crippen molar-refractivity contribution in [1.29, 1.82) is 0 Å². The van der Waals surface area contributed by atoms with Gasteiger partial charge in [-0.1, -0.05) is 18.5 Å². The second-order valence-corrected chi connectivity index (χ2v) is 5.47. The van der Waals surface area contributed by atoms with Gasteiger partial charge >= 0.3 is 0 Å². The standard InChI is InChI=1S/C14H21ClN2O/c1-9-10(2)17(7-6-13(9)16)11-4-5-12(15)14(8-11)18-3/h4-5,8-10,13H,6-7,16H2,1-3H3. The molecule has 1 heterocycles. The predicted octanol–water partition coefficient (Wildman–Crippen LogP) is 2.91. The van der Waals surface area contributed by atoms with Crippen LogP contribution in [0, 0.1) is 5.92 Å². The molecule has 18 heavy (non-hydrogen) atoms. The number of rotatable bonds is 2. The first-order chi connectivity index (χ1) is 8.54. The van der Waals surface area contributed by atoms with E-state index >= 15 is 0 Å². The molecule has 4 heteroatoms. The molecular weight excluding hydrogens is 248 g/mol. The quantitative estimate of drug-likeness (QED) is 0.896. The lowest BCUT2D eigenvalue weighted by molar-refractivity contribution is 0.315. The number of piperidine rings is 1. The lowest BCUT2D eigenvalue weighted by Gasteiger charge is -2.43. The smallest absolute Gasteiger partial charge is 0.139 e. The molecular formula is C14H21ClN2O. The summed E-state index contributed by atoms with van der Waals surface area (Å²) in [6.45, 7) is 5.43. The summed E-state index contributed by atoms with van der Waals surface area (Å²) in [6, 6.07) is 6.67. The minimum Gasteiger partial charge on any atom is -0.495 e. The lowest BCUT2D eigenvalue weighted by Crippen LogP contribution is -2.51. The van der Waals surface area contributed by atoms with Gasteiger partial charge in [-0.3, -0.25) is 0 Å². The van der Waals surface area contributed by atoms with Crippen molar-refractivity contribution in [1.82, 2.24) is 0 Å². The third-order valence-electron chi connectivity index (χ3n) is 4.10. The summed E-state index contributed by atoms with van der Waals surface area (Å²) < 4.78 is 5.28. The fourth-order valence-electron chi connectivity index (χ4n) is 2.59. The molecule has 0 spiro atoms. The summed E-state index contributed by atoms with van der Waals surface area (Å²) in [4.78, 5) is 2.38. The average molecular weight is 269 g/mol. The first-order valence-electron chi connectivity index (χ1n) is 6.40. The van der Waals surface area contributed by atoms with Gasteiger partial charge in [0.05, 0.1) is 12.1 Å². The molecule has 100 valence electrons. The van der Waals surface area contributed by atoms with Gasteiger partial charge in [-0.15, -0.1) is 0 Å². The fourth-order valence-corrected chi connectivity index (χ4v) is 2.78. The monoisotopic (exact) mass is 268 g/mol. The highest BCUT2D eigenvalue weighted by Gasteiger charge is 2.30. The average Bonchev–Trinajstić information content (AvgIpc) is 2.37. The maximum atomic E-state index is 6.12. The van der Waals surface area contributed by atoms with Crippen molar-refractivity contribution in [3.05, 3.63) is 23.2 Å². The molecule has 1 fully saturated rings. The van der Waals surface area contributed by atoms with E-state index in [4.69, 9.17) is 22.1 Å². The van der Waals surface area contributed by atoms with Crippen LogP contribution in [-0.4, -0.2) is 25.7 Å². The SMILES string of the molecule is COc1cc(N2CCC(N)C(C)C2C)ccc1Cl. The van der Waals surface area contributed by atoms with Crippen molar-refractivity contribution in [2.75, 3.05) is 18.6 Å². The molecule has 1 aromatic rings. The molecule has 0 aromatic heterocycles. The van der Waals surface area contributed by atoms with Gasteiger partial charge in [-0.25, -0.2) is 0 Å². The Bertz CT molecular complexity index is 424. The van der Waals surface area contributed by atoms with Gasteiger partial charge in [0.15, 0.2) is 0 Å². The van der Waals surface area contributed by atoms with Crippen LogP contribution in [0.3, 0.4) is 0 Å². The van der Waals surface area contributed by atoms with Crippen LogP contribution in [0.4, 0.5) is 5.69 Å². The number of nitrogens with zero attached hydrogens (tertiary/aromatic N) is 1. The topological polar surface area (TPSA) is 38.5 Å². The normalized spacial score (nSPS) is 28.3. The number of methoxy groups -OCH3 is 1. The molecule has 3 nitrogen and oxygen atoms in total. The summed E-state index contributed by atoms with van der Waals surface area (Å²) in [5.41, 5.74) is 7.27. The van der Waals surface area contributed by atoms with E-state index in [-0.39, 0.29) is 0 Å². The summed E-state index contributed by atoms with van der Waals surface area (Å²) in [7, 11) is 1.64. The van der Waals surface area contributed by atoms with E-state index in [1.165, 1.54) is 0 Å². The van der Waals surface area contributed by atoms with Crippen molar-refractivity contribution in [3.63, 3.8) is 0 Å². The van der Waals surface area contributed by atoms with E-state index in [9.17, 15) is 0 Å². The summed E-state index contributed by atoms with van der Waals surface area (Å²) in [6.07, 6.45) is 1.02. The molecule has 3 atom stereocenters. The third kappa shape index (κ3) is 2.43. The lowest BCUT2D eigenvalue weighted by atomic mass is 9.87. The van der Waals surface area contributed by atoms with E-state index in [1.807, 2.05) is 18.2 Å². The molecule has 0 amide bonds. The first-order valence-corrected chi connectivity index (χ1v) is 6.78. The number of halogens is 1. The van der Waals surface area contributed by atoms with Gasteiger partial charge in [-0.05, 0) is 31.4 Å². The maximum Gasteiger partial charge on any atom is 0.139 e. The molecule has 0 saturated carbocycles. The number of hydrogen-bond acceptors (Lipinski definition) is 3. The van der Waals surface area contributed by atoms with Gasteiger partial charge < -0.3 is 15.4 Å². The van der Waals surface area contributed by atoms with Crippen LogP contribution in [0.1, 0.15) is 20.3 Å². The Labute approximate surface area is 114 Å². The van der Waals surface area contributed by atoms with Gasteiger partial charge in [-0.2, -0.15) is 0 Å². The van der Waals surface area contributed by atoms with Crippen LogP contribution in [0.25, 0.3) is 0 Å². The molecule has 1 saturated heterocycles. The fraction of sp³-hybridized carbons (Fsp3) is 0.571. The van der Waals surface area contributed by atoms with Crippen LogP contribution < -0.4 is 15.4 Å². The number of anilines is 1. The van der Waals surface area contributed by atoms with E-state index in [1.54, 1.807) is 7.11 Å². The molecule has 1 aliphatic heterocycles. The summed E-state index contributed by atoms with van der Waals surface area (Å²) in [5.74, 6) is 1.21. The highest BCUT2D eigenvalue weighted by atomic mass is 35.5.